The maximum atomic E-state index is 12.0. The lowest BCUT2D eigenvalue weighted by molar-refractivity contribution is -0.534. The zero-order valence-corrected chi connectivity index (χ0v) is 17.3. The molecule has 0 fully saturated rings. The van der Waals surface area contributed by atoms with E-state index in [0.717, 1.165) is 53.0 Å². The third-order valence-electron chi connectivity index (χ3n) is 5.82. The van der Waals surface area contributed by atoms with Crippen LogP contribution in [0.4, 0.5) is 5.69 Å². The molecule has 2 aromatic carbocycles. The predicted molar refractivity (Wildman–Crippen MR) is 111 cm³/mol. The Morgan fingerprint density at radius 2 is 1.75 bits per heavy atom. The summed E-state index contributed by atoms with van der Waals surface area (Å²) in [4.78, 5) is 2.11. The number of nitrogens with zero attached hydrogens (tertiary/aromatic N) is 2. The van der Waals surface area contributed by atoms with Crippen molar-refractivity contribution in [3.63, 3.8) is 0 Å². The van der Waals surface area contributed by atoms with Crippen molar-refractivity contribution < 1.29 is 19.2 Å². The normalized spacial score (nSPS) is 24.1. The summed E-state index contributed by atoms with van der Waals surface area (Å²) in [5, 5.41) is 12.0. The molecule has 28 heavy (non-hydrogen) atoms. The Labute approximate surface area is 173 Å². The number of halogens is 1. The number of hydrogen-bond donors (Lipinski definition) is 1. The molecule has 3 heterocycles. The number of fused-ring (bicyclic) bond motifs is 1. The van der Waals surface area contributed by atoms with Gasteiger partial charge in [-0.05, 0) is 43.5 Å². The summed E-state index contributed by atoms with van der Waals surface area (Å²) >= 11 is 3.50. The summed E-state index contributed by atoms with van der Waals surface area (Å²) < 4.78 is 14.9. The highest BCUT2D eigenvalue weighted by Gasteiger charge is 2.54. The van der Waals surface area contributed by atoms with Gasteiger partial charge in [-0.15, -0.1) is 0 Å². The maximum Gasteiger partial charge on any atom is 0.275 e. The van der Waals surface area contributed by atoms with E-state index in [1.165, 1.54) is 12.3 Å². The second-order valence-corrected chi connectivity index (χ2v) is 8.55. The van der Waals surface area contributed by atoms with Crippen molar-refractivity contribution in [2.24, 2.45) is 0 Å². The van der Waals surface area contributed by atoms with Gasteiger partial charge in [0.15, 0.2) is 18.0 Å². The molecule has 0 radical (unpaired) electrons. The van der Waals surface area contributed by atoms with Gasteiger partial charge in [0.1, 0.15) is 18.9 Å². The van der Waals surface area contributed by atoms with Gasteiger partial charge in [-0.2, -0.15) is 4.90 Å². The molecule has 0 aromatic heterocycles. The van der Waals surface area contributed by atoms with Gasteiger partial charge in [0, 0.05) is 22.5 Å². The van der Waals surface area contributed by atoms with Crippen LogP contribution in [0.25, 0.3) is 0 Å². The quantitative estimate of drug-likeness (QED) is 0.715. The minimum absolute atomic E-state index is 0.552. The molecule has 0 spiro atoms. The van der Waals surface area contributed by atoms with Gasteiger partial charge >= 0.3 is 0 Å². The Morgan fingerprint density at radius 1 is 0.964 bits per heavy atom. The third-order valence-corrected chi connectivity index (χ3v) is 6.35. The molecule has 0 unspecified atom stereocenters. The predicted octanol–water partition coefficient (Wildman–Crippen LogP) is 3.87. The monoisotopic (exact) mass is 443 g/mol. The fourth-order valence-electron chi connectivity index (χ4n) is 4.49. The van der Waals surface area contributed by atoms with Crippen LogP contribution in [-0.4, -0.2) is 41.8 Å². The van der Waals surface area contributed by atoms with Crippen molar-refractivity contribution in [2.75, 3.05) is 31.2 Å². The molecule has 0 amide bonds. The molecule has 0 bridgehead atoms. The summed E-state index contributed by atoms with van der Waals surface area (Å²) in [5.74, 6) is 2.71. The first-order chi connectivity index (χ1) is 13.6. The number of anilines is 1. The summed E-state index contributed by atoms with van der Waals surface area (Å²) in [6.45, 7) is 2.67. The van der Waals surface area contributed by atoms with Crippen LogP contribution in [0.3, 0.4) is 0 Å². The zero-order chi connectivity index (χ0) is 19.1. The molecular formula is C22H24BrN2O3+. The van der Waals surface area contributed by atoms with Gasteiger partial charge in [0.05, 0.1) is 6.54 Å². The Hall–Kier alpha value is -2.05. The van der Waals surface area contributed by atoms with Gasteiger partial charge in [-0.1, -0.05) is 28.1 Å². The van der Waals surface area contributed by atoms with Gasteiger partial charge in [0.25, 0.3) is 11.6 Å². The second kappa shape index (κ2) is 7.08. The van der Waals surface area contributed by atoms with Crippen molar-refractivity contribution in [2.45, 2.75) is 31.4 Å². The van der Waals surface area contributed by atoms with Crippen LogP contribution in [0.15, 0.2) is 46.9 Å². The topological polar surface area (TPSA) is 44.9 Å². The first-order valence-electron chi connectivity index (χ1n) is 9.94. The van der Waals surface area contributed by atoms with Crippen molar-refractivity contribution in [1.29, 1.82) is 0 Å². The first kappa shape index (κ1) is 18.0. The molecule has 3 aliphatic heterocycles. The number of aliphatic hydroxyl groups is 1. The Morgan fingerprint density at radius 3 is 2.57 bits per heavy atom. The molecule has 0 aliphatic carbocycles. The Kier molecular flexibility index (Phi) is 4.56. The van der Waals surface area contributed by atoms with Crippen LogP contribution in [0, 0.1) is 0 Å². The highest BCUT2D eigenvalue weighted by molar-refractivity contribution is 9.10. The van der Waals surface area contributed by atoms with E-state index < -0.39 is 5.72 Å². The Bertz CT molecular complexity index is 928. The van der Waals surface area contributed by atoms with Gasteiger partial charge in [0.2, 0.25) is 0 Å². The van der Waals surface area contributed by atoms with E-state index in [4.69, 9.17) is 9.47 Å². The van der Waals surface area contributed by atoms with Gasteiger partial charge in [-0.25, -0.2) is 0 Å². The highest BCUT2D eigenvalue weighted by atomic mass is 79.9. The molecule has 1 N–H and O–H groups in total. The number of ether oxygens (including phenoxy) is 2. The van der Waals surface area contributed by atoms with Crippen LogP contribution in [0.1, 0.15) is 31.2 Å². The summed E-state index contributed by atoms with van der Waals surface area (Å²) in [6.07, 6.45) is 4.50. The summed E-state index contributed by atoms with van der Waals surface area (Å²) in [7, 11) is 0. The molecule has 3 aliphatic rings. The minimum Gasteiger partial charge on any atom is -0.486 e. The van der Waals surface area contributed by atoms with E-state index in [2.05, 4.69) is 25.4 Å². The fourth-order valence-corrected chi connectivity index (χ4v) is 4.76. The molecule has 5 nitrogen and oxygen atoms in total. The van der Waals surface area contributed by atoms with Crippen LogP contribution in [0.5, 0.6) is 11.5 Å². The molecule has 6 heteroatoms. The SMILES string of the molecule is O[C@@]1(c2ccc(Br)cc2)C[N+]2=C(CCCCC2)N1c1ccc2c(c1)OCCO2. The molecule has 2 aromatic rings. The largest absolute Gasteiger partial charge is 0.486 e. The van der Waals surface area contributed by atoms with E-state index in [-0.39, 0.29) is 0 Å². The maximum absolute atomic E-state index is 12.0. The number of rotatable bonds is 2. The smallest absolute Gasteiger partial charge is 0.275 e. The first-order valence-corrected chi connectivity index (χ1v) is 10.7. The lowest BCUT2D eigenvalue weighted by Crippen LogP contribution is -2.47. The second-order valence-electron chi connectivity index (χ2n) is 7.64. The lowest BCUT2D eigenvalue weighted by atomic mass is 10.00. The van der Waals surface area contributed by atoms with Crippen LogP contribution in [-0.2, 0) is 5.72 Å². The van der Waals surface area contributed by atoms with E-state index in [1.807, 2.05) is 42.5 Å². The van der Waals surface area contributed by atoms with Crippen LogP contribution < -0.4 is 14.4 Å². The average Bonchev–Trinajstić information content (AvgIpc) is 2.84. The van der Waals surface area contributed by atoms with Crippen molar-refractivity contribution in [1.82, 2.24) is 0 Å². The highest BCUT2D eigenvalue weighted by Crippen LogP contribution is 2.41. The van der Waals surface area contributed by atoms with Crippen molar-refractivity contribution >= 4 is 27.5 Å². The molecule has 0 saturated carbocycles. The zero-order valence-electron chi connectivity index (χ0n) is 15.7. The van der Waals surface area contributed by atoms with E-state index >= 15 is 0 Å². The van der Waals surface area contributed by atoms with E-state index in [1.54, 1.807) is 0 Å². The van der Waals surface area contributed by atoms with Crippen LogP contribution >= 0.6 is 15.9 Å². The number of hydrogen-bond acceptors (Lipinski definition) is 4. The molecule has 1 atom stereocenters. The fraction of sp³-hybridized carbons (Fsp3) is 0.409. The van der Waals surface area contributed by atoms with Crippen molar-refractivity contribution in [3.05, 3.63) is 52.5 Å². The number of benzene rings is 2. The summed E-state index contributed by atoms with van der Waals surface area (Å²) in [6, 6.07) is 14.0. The molecular weight excluding hydrogens is 420 g/mol. The van der Waals surface area contributed by atoms with E-state index in [0.29, 0.717) is 19.8 Å². The molecule has 146 valence electrons. The average molecular weight is 444 g/mol. The van der Waals surface area contributed by atoms with Gasteiger partial charge < -0.3 is 14.6 Å². The standard InChI is InChI=1S/C22H24BrN2O3/c23-17-7-5-16(6-8-17)22(26)15-24-11-3-1-2-4-21(24)25(22)18-9-10-19-20(14-18)28-13-12-27-19/h5-10,14,26H,1-4,11-13,15H2/q+1/t22-/m1/s1. The Balaban J connectivity index is 1.62. The lowest BCUT2D eigenvalue weighted by Gasteiger charge is -2.30. The van der Waals surface area contributed by atoms with Gasteiger partial charge in [-0.3, -0.25) is 4.58 Å². The molecule has 5 rings (SSSR count). The van der Waals surface area contributed by atoms with Crippen LogP contribution in [0.2, 0.25) is 0 Å². The molecule has 0 saturated heterocycles. The van der Waals surface area contributed by atoms with E-state index in [9.17, 15) is 5.11 Å². The minimum atomic E-state index is -1.11. The number of amidine groups is 1. The van der Waals surface area contributed by atoms with Crippen molar-refractivity contribution in [3.8, 4) is 11.5 Å². The third kappa shape index (κ3) is 2.99. The summed E-state index contributed by atoms with van der Waals surface area (Å²) in [5.41, 5.74) is 0.720.